The molecule has 0 radical (unpaired) electrons. The quantitative estimate of drug-likeness (QED) is 0.129. The van der Waals surface area contributed by atoms with Gasteiger partial charge in [-0.05, 0) is 31.0 Å². The third-order valence-electron chi connectivity index (χ3n) is 3.93. The number of aliphatic hydroxyl groups is 1. The Morgan fingerprint density at radius 1 is 1.29 bits per heavy atom. The van der Waals surface area contributed by atoms with Crippen molar-refractivity contribution in [1.29, 1.82) is 0 Å². The molecule has 0 saturated carbocycles. The molecule has 0 spiro atoms. The van der Waals surface area contributed by atoms with Gasteiger partial charge in [0.15, 0.2) is 6.29 Å². The first-order valence-corrected chi connectivity index (χ1v) is 9.24. The Labute approximate surface area is 165 Å². The number of benzene rings is 1. The van der Waals surface area contributed by atoms with E-state index in [1.807, 2.05) is 6.92 Å². The Bertz CT molecular complexity index is 607. The van der Waals surface area contributed by atoms with Gasteiger partial charge in [0, 0.05) is 18.6 Å². The SMILES string of the molecule is CCCCO[C@@H](CN=[N+]=[N-])[C@@H](OC)OC(COC(=O)c1ccccc1)[C@H](C)O. The van der Waals surface area contributed by atoms with E-state index < -0.39 is 30.6 Å². The zero-order chi connectivity index (χ0) is 20.8. The predicted molar refractivity (Wildman–Crippen MR) is 103 cm³/mol. The second kappa shape index (κ2) is 13.9. The van der Waals surface area contributed by atoms with E-state index in [4.69, 9.17) is 24.5 Å². The fraction of sp³-hybridized carbons (Fsp3) is 0.632. The summed E-state index contributed by atoms with van der Waals surface area (Å²) in [6.45, 7) is 3.84. The first kappa shape index (κ1) is 23.9. The van der Waals surface area contributed by atoms with E-state index in [1.54, 1.807) is 30.3 Å². The predicted octanol–water partition coefficient (Wildman–Crippen LogP) is 3.08. The molecule has 0 fully saturated rings. The average Bonchev–Trinajstić information content (AvgIpc) is 2.71. The van der Waals surface area contributed by atoms with Gasteiger partial charge in [0.25, 0.3) is 0 Å². The lowest BCUT2D eigenvalue weighted by Crippen LogP contribution is -2.43. The first-order chi connectivity index (χ1) is 13.5. The highest BCUT2D eigenvalue weighted by atomic mass is 16.7. The second-order valence-corrected chi connectivity index (χ2v) is 6.16. The minimum atomic E-state index is -0.933. The van der Waals surface area contributed by atoms with Gasteiger partial charge in [-0.25, -0.2) is 4.79 Å². The van der Waals surface area contributed by atoms with Crippen LogP contribution in [0.1, 0.15) is 37.0 Å². The van der Waals surface area contributed by atoms with Crippen LogP contribution in [0, 0.1) is 0 Å². The van der Waals surface area contributed by atoms with Crippen LogP contribution < -0.4 is 0 Å². The minimum Gasteiger partial charge on any atom is -0.459 e. The summed E-state index contributed by atoms with van der Waals surface area (Å²) in [5.74, 6) is -0.520. The molecule has 1 N–H and O–H groups in total. The summed E-state index contributed by atoms with van der Waals surface area (Å²) in [7, 11) is 1.42. The van der Waals surface area contributed by atoms with Crippen LogP contribution in [0.15, 0.2) is 35.4 Å². The standard InChI is InChI=1S/C19H29N3O6/c1-4-5-11-26-16(12-21-22-20)19(25-3)28-17(14(2)23)13-27-18(24)15-9-7-6-8-10-15/h6-10,14,16-17,19,23H,4-5,11-13H2,1-3H3/t14-,16-,17?,19-/m0/s1. The third-order valence-corrected chi connectivity index (χ3v) is 3.93. The summed E-state index contributed by atoms with van der Waals surface area (Å²) >= 11 is 0. The van der Waals surface area contributed by atoms with Gasteiger partial charge in [-0.15, -0.1) is 0 Å². The second-order valence-electron chi connectivity index (χ2n) is 6.16. The molecule has 1 unspecified atom stereocenters. The van der Waals surface area contributed by atoms with E-state index in [9.17, 15) is 9.90 Å². The van der Waals surface area contributed by atoms with Crippen LogP contribution in [-0.2, 0) is 18.9 Å². The summed E-state index contributed by atoms with van der Waals surface area (Å²) in [6, 6.07) is 8.53. The molecule has 1 aromatic rings. The zero-order valence-electron chi connectivity index (χ0n) is 16.6. The number of azide groups is 1. The van der Waals surface area contributed by atoms with Gasteiger partial charge >= 0.3 is 5.97 Å². The van der Waals surface area contributed by atoms with Crippen LogP contribution in [-0.4, -0.2) is 62.5 Å². The van der Waals surface area contributed by atoms with Gasteiger partial charge in [0.1, 0.15) is 18.8 Å². The lowest BCUT2D eigenvalue weighted by molar-refractivity contribution is -0.232. The number of unbranched alkanes of at least 4 members (excludes halogenated alkanes) is 1. The van der Waals surface area contributed by atoms with Crippen molar-refractivity contribution in [3.63, 3.8) is 0 Å². The van der Waals surface area contributed by atoms with Gasteiger partial charge in [0.2, 0.25) is 0 Å². The highest BCUT2D eigenvalue weighted by Crippen LogP contribution is 2.14. The van der Waals surface area contributed by atoms with Gasteiger partial charge in [-0.3, -0.25) is 0 Å². The number of aliphatic hydroxyl groups excluding tert-OH is 1. The lowest BCUT2D eigenvalue weighted by Gasteiger charge is -2.30. The maximum atomic E-state index is 12.1. The molecule has 0 amide bonds. The topological polar surface area (TPSA) is 123 Å². The Morgan fingerprint density at radius 3 is 2.57 bits per heavy atom. The molecule has 0 aliphatic carbocycles. The van der Waals surface area contributed by atoms with Crippen LogP contribution in [0.3, 0.4) is 0 Å². The fourth-order valence-electron chi connectivity index (χ4n) is 2.29. The van der Waals surface area contributed by atoms with Gasteiger partial charge in [0.05, 0.1) is 18.2 Å². The number of ether oxygens (including phenoxy) is 4. The molecule has 1 rings (SSSR count). The summed E-state index contributed by atoms with van der Waals surface area (Å²) in [4.78, 5) is 14.8. The van der Waals surface area contributed by atoms with E-state index in [2.05, 4.69) is 10.0 Å². The van der Waals surface area contributed by atoms with Crippen LogP contribution >= 0.6 is 0 Å². The van der Waals surface area contributed by atoms with E-state index in [0.717, 1.165) is 12.8 Å². The number of hydrogen-bond acceptors (Lipinski definition) is 7. The molecule has 1 aromatic carbocycles. The zero-order valence-corrected chi connectivity index (χ0v) is 16.6. The molecule has 0 aliphatic heterocycles. The number of carbonyl (C=O) groups excluding carboxylic acids is 1. The van der Waals surface area contributed by atoms with Crippen molar-refractivity contribution in [3.05, 3.63) is 46.3 Å². The van der Waals surface area contributed by atoms with Crippen molar-refractivity contribution in [1.82, 2.24) is 0 Å². The van der Waals surface area contributed by atoms with Crippen LogP contribution in [0.5, 0.6) is 0 Å². The van der Waals surface area contributed by atoms with E-state index >= 15 is 0 Å². The van der Waals surface area contributed by atoms with Crippen molar-refractivity contribution >= 4 is 5.97 Å². The maximum Gasteiger partial charge on any atom is 0.338 e. The monoisotopic (exact) mass is 395 g/mol. The van der Waals surface area contributed by atoms with Crippen LogP contribution in [0.4, 0.5) is 0 Å². The summed E-state index contributed by atoms with van der Waals surface area (Å²) in [5.41, 5.74) is 8.99. The normalized spacial score (nSPS) is 15.1. The van der Waals surface area contributed by atoms with E-state index in [-0.39, 0.29) is 13.2 Å². The van der Waals surface area contributed by atoms with Gasteiger partial charge < -0.3 is 24.1 Å². The molecule has 9 heteroatoms. The Hall–Kier alpha value is -2.16. The summed E-state index contributed by atoms with van der Waals surface area (Å²) < 4.78 is 22.1. The number of carbonyl (C=O) groups is 1. The van der Waals surface area contributed by atoms with Crippen LogP contribution in [0.25, 0.3) is 10.4 Å². The molecule has 156 valence electrons. The largest absolute Gasteiger partial charge is 0.459 e. The Balaban J connectivity index is 2.72. The number of esters is 1. The first-order valence-electron chi connectivity index (χ1n) is 9.24. The summed E-state index contributed by atoms with van der Waals surface area (Å²) in [6.07, 6.45) is -1.57. The molecular weight excluding hydrogens is 366 g/mol. The highest BCUT2D eigenvalue weighted by molar-refractivity contribution is 5.89. The maximum absolute atomic E-state index is 12.1. The van der Waals surface area contributed by atoms with Crippen molar-refractivity contribution in [2.24, 2.45) is 5.11 Å². The molecule has 0 bridgehead atoms. The molecule has 0 saturated heterocycles. The summed E-state index contributed by atoms with van der Waals surface area (Å²) in [5, 5.41) is 13.6. The van der Waals surface area contributed by atoms with Gasteiger partial charge in [-0.2, -0.15) is 0 Å². The van der Waals surface area contributed by atoms with Crippen molar-refractivity contribution in [2.75, 3.05) is 26.9 Å². The Morgan fingerprint density at radius 2 is 2.00 bits per heavy atom. The lowest BCUT2D eigenvalue weighted by atomic mass is 10.2. The highest BCUT2D eigenvalue weighted by Gasteiger charge is 2.29. The number of hydrogen-bond donors (Lipinski definition) is 1. The molecule has 0 aromatic heterocycles. The minimum absolute atomic E-state index is 0.00898. The Kier molecular flexibility index (Phi) is 11.9. The van der Waals surface area contributed by atoms with Crippen molar-refractivity contribution < 1.29 is 28.8 Å². The molecule has 9 nitrogen and oxygen atoms in total. The fourth-order valence-corrected chi connectivity index (χ4v) is 2.29. The average molecular weight is 395 g/mol. The van der Waals surface area contributed by atoms with Crippen molar-refractivity contribution in [2.45, 2.75) is 51.3 Å². The molecule has 0 heterocycles. The molecule has 4 atom stereocenters. The number of methoxy groups -OCH3 is 1. The number of nitrogens with zero attached hydrogens (tertiary/aromatic N) is 3. The van der Waals surface area contributed by atoms with Crippen LogP contribution in [0.2, 0.25) is 0 Å². The van der Waals surface area contributed by atoms with E-state index in [0.29, 0.717) is 12.2 Å². The van der Waals surface area contributed by atoms with Crippen molar-refractivity contribution in [3.8, 4) is 0 Å². The molecule has 28 heavy (non-hydrogen) atoms. The molecule has 0 aliphatic rings. The van der Waals surface area contributed by atoms with Gasteiger partial charge in [-0.1, -0.05) is 36.7 Å². The number of rotatable bonds is 14. The molecular formula is C19H29N3O6. The third kappa shape index (κ3) is 8.69. The smallest absolute Gasteiger partial charge is 0.338 e. The van der Waals surface area contributed by atoms with E-state index in [1.165, 1.54) is 14.0 Å².